The van der Waals surface area contributed by atoms with Crippen molar-refractivity contribution in [2.24, 2.45) is 0 Å². The second kappa shape index (κ2) is 5.69. The van der Waals surface area contributed by atoms with Crippen LogP contribution in [0.4, 0.5) is 4.39 Å². The van der Waals surface area contributed by atoms with E-state index in [4.69, 9.17) is 0 Å². The van der Waals surface area contributed by atoms with E-state index >= 15 is 0 Å². The summed E-state index contributed by atoms with van der Waals surface area (Å²) in [5, 5.41) is 10.3. The third kappa shape index (κ3) is 2.51. The van der Waals surface area contributed by atoms with Gasteiger partial charge in [0, 0.05) is 17.9 Å². The SMILES string of the molecule is O=C(c1c(O)cccc1F)N1CCCCC1CBr. The summed E-state index contributed by atoms with van der Waals surface area (Å²) in [6.07, 6.45) is 2.90. The Morgan fingerprint density at radius 3 is 2.94 bits per heavy atom. The number of aromatic hydroxyl groups is 1. The molecule has 2 rings (SSSR count). The van der Waals surface area contributed by atoms with E-state index in [1.807, 2.05) is 0 Å². The number of alkyl halides is 1. The van der Waals surface area contributed by atoms with Gasteiger partial charge in [-0.25, -0.2) is 4.39 Å². The number of hydrogen-bond donors (Lipinski definition) is 1. The zero-order chi connectivity index (χ0) is 13.1. The summed E-state index contributed by atoms with van der Waals surface area (Å²) >= 11 is 3.38. The molecule has 18 heavy (non-hydrogen) atoms. The van der Waals surface area contributed by atoms with Crippen LogP contribution in [0.1, 0.15) is 29.6 Å². The molecule has 3 nitrogen and oxygen atoms in total. The molecule has 1 amide bonds. The van der Waals surface area contributed by atoms with Crippen LogP contribution in [0.5, 0.6) is 5.75 Å². The molecule has 1 aromatic carbocycles. The first-order valence-corrected chi connectivity index (χ1v) is 7.11. The molecule has 0 spiro atoms. The molecule has 0 saturated carbocycles. The molecule has 1 heterocycles. The minimum Gasteiger partial charge on any atom is -0.507 e. The number of phenols is 1. The quantitative estimate of drug-likeness (QED) is 0.852. The van der Waals surface area contributed by atoms with Gasteiger partial charge in [-0.3, -0.25) is 4.79 Å². The van der Waals surface area contributed by atoms with E-state index in [-0.39, 0.29) is 17.4 Å². The van der Waals surface area contributed by atoms with E-state index in [0.717, 1.165) is 19.3 Å². The summed E-state index contributed by atoms with van der Waals surface area (Å²) in [5.41, 5.74) is -0.217. The molecule has 1 unspecified atom stereocenters. The normalized spacial score (nSPS) is 19.9. The number of hydrogen-bond acceptors (Lipinski definition) is 2. The predicted molar refractivity (Wildman–Crippen MR) is 70.5 cm³/mol. The maximum Gasteiger partial charge on any atom is 0.260 e. The van der Waals surface area contributed by atoms with Gasteiger partial charge in [0.05, 0.1) is 0 Å². The molecule has 0 radical (unpaired) electrons. The molecule has 1 atom stereocenters. The topological polar surface area (TPSA) is 40.5 Å². The number of amides is 1. The van der Waals surface area contributed by atoms with E-state index in [1.165, 1.54) is 18.2 Å². The lowest BCUT2D eigenvalue weighted by Crippen LogP contribution is -2.44. The lowest BCUT2D eigenvalue weighted by Gasteiger charge is -2.35. The Bertz CT molecular complexity index is 432. The summed E-state index contributed by atoms with van der Waals surface area (Å²) in [4.78, 5) is 14.0. The van der Waals surface area contributed by atoms with Crippen LogP contribution in [0.3, 0.4) is 0 Å². The third-order valence-electron chi connectivity index (χ3n) is 3.27. The highest BCUT2D eigenvalue weighted by atomic mass is 79.9. The fourth-order valence-electron chi connectivity index (χ4n) is 2.30. The van der Waals surface area contributed by atoms with E-state index in [2.05, 4.69) is 15.9 Å². The van der Waals surface area contributed by atoms with Crippen LogP contribution in [0.25, 0.3) is 0 Å². The monoisotopic (exact) mass is 315 g/mol. The Labute approximate surface area is 114 Å². The van der Waals surface area contributed by atoms with Crippen LogP contribution in [0, 0.1) is 5.82 Å². The lowest BCUT2D eigenvalue weighted by atomic mass is 10.0. The molecule has 0 bridgehead atoms. The van der Waals surface area contributed by atoms with Gasteiger partial charge in [0.1, 0.15) is 17.1 Å². The van der Waals surface area contributed by atoms with Gasteiger partial charge in [0.15, 0.2) is 0 Å². The molecule has 1 fully saturated rings. The Morgan fingerprint density at radius 2 is 2.28 bits per heavy atom. The second-order valence-electron chi connectivity index (χ2n) is 4.44. The summed E-state index contributed by atoms with van der Waals surface area (Å²) < 4.78 is 13.7. The van der Waals surface area contributed by atoms with Crippen LogP contribution in [0.15, 0.2) is 18.2 Å². The molecule has 1 N–H and O–H groups in total. The van der Waals surface area contributed by atoms with Gasteiger partial charge in [0.25, 0.3) is 5.91 Å². The lowest BCUT2D eigenvalue weighted by molar-refractivity contribution is 0.0634. The van der Waals surface area contributed by atoms with Crippen LogP contribution in [-0.4, -0.2) is 33.8 Å². The van der Waals surface area contributed by atoms with E-state index in [9.17, 15) is 14.3 Å². The number of rotatable bonds is 2. The molecular weight excluding hydrogens is 301 g/mol. The average molecular weight is 316 g/mol. The van der Waals surface area contributed by atoms with Crippen LogP contribution in [0.2, 0.25) is 0 Å². The Kier molecular flexibility index (Phi) is 4.22. The molecule has 0 aliphatic carbocycles. The predicted octanol–water partition coefficient (Wildman–Crippen LogP) is 2.92. The van der Waals surface area contributed by atoms with Gasteiger partial charge < -0.3 is 10.0 Å². The smallest absolute Gasteiger partial charge is 0.260 e. The van der Waals surface area contributed by atoms with Crippen LogP contribution < -0.4 is 0 Å². The van der Waals surface area contributed by atoms with Crippen LogP contribution >= 0.6 is 15.9 Å². The minimum absolute atomic E-state index is 0.0743. The molecule has 98 valence electrons. The Balaban J connectivity index is 2.30. The first-order chi connectivity index (χ1) is 8.65. The number of piperidine rings is 1. The third-order valence-corrected chi connectivity index (χ3v) is 4.02. The molecule has 1 saturated heterocycles. The first kappa shape index (κ1) is 13.3. The van der Waals surface area contributed by atoms with Crippen molar-refractivity contribution in [2.75, 3.05) is 11.9 Å². The van der Waals surface area contributed by atoms with E-state index in [0.29, 0.717) is 11.9 Å². The second-order valence-corrected chi connectivity index (χ2v) is 5.08. The number of benzene rings is 1. The zero-order valence-corrected chi connectivity index (χ0v) is 11.5. The minimum atomic E-state index is -0.668. The van der Waals surface area contributed by atoms with Gasteiger partial charge in [-0.1, -0.05) is 22.0 Å². The number of likely N-dealkylation sites (tertiary alicyclic amines) is 1. The van der Waals surface area contributed by atoms with Crippen molar-refractivity contribution >= 4 is 21.8 Å². The molecule has 0 aromatic heterocycles. The fourth-order valence-corrected chi connectivity index (χ4v) is 2.97. The van der Waals surface area contributed by atoms with Gasteiger partial charge in [0.2, 0.25) is 0 Å². The van der Waals surface area contributed by atoms with Crippen LogP contribution in [-0.2, 0) is 0 Å². The van der Waals surface area contributed by atoms with Gasteiger partial charge in [-0.05, 0) is 31.4 Å². The Hall–Kier alpha value is -1.10. The summed E-state index contributed by atoms with van der Waals surface area (Å²) in [7, 11) is 0. The highest BCUT2D eigenvalue weighted by Crippen LogP contribution is 2.26. The summed E-state index contributed by atoms with van der Waals surface area (Å²) in [5.74, 6) is -1.38. The molecule has 1 aliphatic rings. The highest BCUT2D eigenvalue weighted by molar-refractivity contribution is 9.09. The summed E-state index contributed by atoms with van der Waals surface area (Å²) in [6.45, 7) is 0.614. The average Bonchev–Trinajstić information content (AvgIpc) is 2.38. The number of phenolic OH excluding ortho intramolecular Hbond substituents is 1. The van der Waals surface area contributed by atoms with Crippen molar-refractivity contribution in [3.05, 3.63) is 29.6 Å². The Morgan fingerprint density at radius 1 is 1.50 bits per heavy atom. The van der Waals surface area contributed by atoms with E-state index in [1.54, 1.807) is 4.90 Å². The molecule has 5 heteroatoms. The number of nitrogens with zero attached hydrogens (tertiary/aromatic N) is 1. The number of carbonyl (C=O) groups excluding carboxylic acids is 1. The van der Waals surface area contributed by atoms with Crippen molar-refractivity contribution in [2.45, 2.75) is 25.3 Å². The zero-order valence-electron chi connectivity index (χ0n) is 9.90. The largest absolute Gasteiger partial charge is 0.507 e. The maximum atomic E-state index is 13.7. The van der Waals surface area contributed by atoms with Gasteiger partial charge in [-0.15, -0.1) is 0 Å². The van der Waals surface area contributed by atoms with E-state index < -0.39 is 11.7 Å². The van der Waals surface area contributed by atoms with Crippen molar-refractivity contribution in [3.63, 3.8) is 0 Å². The van der Waals surface area contributed by atoms with Gasteiger partial charge >= 0.3 is 0 Å². The van der Waals surface area contributed by atoms with Crippen molar-refractivity contribution in [3.8, 4) is 5.75 Å². The van der Waals surface area contributed by atoms with Gasteiger partial charge in [-0.2, -0.15) is 0 Å². The first-order valence-electron chi connectivity index (χ1n) is 5.99. The number of carbonyl (C=O) groups is 1. The molecule has 1 aliphatic heterocycles. The van der Waals surface area contributed by atoms with Crippen molar-refractivity contribution in [1.82, 2.24) is 4.90 Å². The maximum absolute atomic E-state index is 13.7. The fraction of sp³-hybridized carbons (Fsp3) is 0.462. The van der Waals surface area contributed by atoms with Crippen molar-refractivity contribution in [1.29, 1.82) is 0 Å². The highest BCUT2D eigenvalue weighted by Gasteiger charge is 2.29. The summed E-state index contributed by atoms with van der Waals surface area (Å²) in [6, 6.07) is 3.99. The molecule has 1 aromatic rings. The standard InChI is InChI=1S/C13H15BrFNO2/c14-8-9-4-1-2-7-16(9)13(18)12-10(15)5-3-6-11(12)17/h3,5-6,9,17H,1-2,4,7-8H2. The molecular formula is C13H15BrFNO2. The number of halogens is 2. The van der Waals surface area contributed by atoms with Crippen molar-refractivity contribution < 1.29 is 14.3 Å².